The monoisotopic (exact) mass is 437 g/mol. The average molecular weight is 438 g/mol. The molecular weight excluding hydrogens is 398 g/mol. The minimum atomic E-state index is -0.739. The molecular formula is C23H39N3O5. The Morgan fingerprint density at radius 2 is 1.32 bits per heavy atom. The smallest absolute Gasteiger partial charge is 0.410 e. The van der Waals surface area contributed by atoms with E-state index < -0.39 is 11.6 Å². The number of rotatable bonds is 4. The number of aliphatic carboxylic acids is 1. The van der Waals surface area contributed by atoms with Crippen molar-refractivity contribution in [1.29, 1.82) is 0 Å². The number of ether oxygens (including phenoxy) is 1. The second-order valence-corrected chi connectivity index (χ2v) is 10.4. The van der Waals surface area contributed by atoms with Gasteiger partial charge in [-0.25, -0.2) is 4.79 Å². The van der Waals surface area contributed by atoms with E-state index in [0.717, 1.165) is 58.4 Å². The van der Waals surface area contributed by atoms with Gasteiger partial charge in [0, 0.05) is 38.6 Å². The zero-order valence-electron chi connectivity index (χ0n) is 19.3. The highest BCUT2D eigenvalue weighted by atomic mass is 16.6. The number of carboxylic acids is 1. The van der Waals surface area contributed by atoms with Gasteiger partial charge in [-0.15, -0.1) is 0 Å². The maximum atomic E-state index is 12.8. The number of carboxylic acid groups (broad SMARTS) is 1. The van der Waals surface area contributed by atoms with E-state index >= 15 is 0 Å². The minimum Gasteiger partial charge on any atom is -0.481 e. The van der Waals surface area contributed by atoms with E-state index in [4.69, 9.17) is 9.84 Å². The molecule has 8 heteroatoms. The summed E-state index contributed by atoms with van der Waals surface area (Å²) in [6.07, 6.45) is 4.69. The van der Waals surface area contributed by atoms with Gasteiger partial charge in [-0.3, -0.25) is 9.59 Å². The lowest BCUT2D eigenvalue weighted by Crippen LogP contribution is -2.47. The number of nitrogens with zero attached hydrogens (tertiary/aromatic N) is 3. The van der Waals surface area contributed by atoms with Crippen molar-refractivity contribution in [3.8, 4) is 0 Å². The lowest BCUT2D eigenvalue weighted by atomic mass is 9.90. The van der Waals surface area contributed by atoms with Gasteiger partial charge in [0.2, 0.25) is 5.91 Å². The Labute approximate surface area is 185 Å². The summed E-state index contributed by atoms with van der Waals surface area (Å²) in [4.78, 5) is 42.3. The molecule has 3 saturated heterocycles. The molecule has 0 aromatic carbocycles. The zero-order chi connectivity index (χ0) is 22.6. The molecule has 3 rings (SSSR count). The van der Waals surface area contributed by atoms with Gasteiger partial charge in [-0.1, -0.05) is 0 Å². The molecule has 0 aromatic heterocycles. The van der Waals surface area contributed by atoms with Crippen LogP contribution in [0.15, 0.2) is 0 Å². The van der Waals surface area contributed by atoms with Crippen LogP contribution < -0.4 is 0 Å². The van der Waals surface area contributed by atoms with Crippen molar-refractivity contribution >= 4 is 18.0 Å². The molecule has 0 radical (unpaired) electrons. The molecule has 3 aliphatic heterocycles. The van der Waals surface area contributed by atoms with Crippen LogP contribution in [0.5, 0.6) is 0 Å². The summed E-state index contributed by atoms with van der Waals surface area (Å²) < 4.78 is 5.48. The fourth-order valence-electron chi connectivity index (χ4n) is 4.96. The van der Waals surface area contributed by atoms with Crippen molar-refractivity contribution in [2.45, 2.75) is 64.9 Å². The van der Waals surface area contributed by atoms with E-state index in [1.54, 1.807) is 0 Å². The van der Waals surface area contributed by atoms with E-state index in [1.165, 1.54) is 0 Å². The van der Waals surface area contributed by atoms with Crippen LogP contribution in [-0.2, 0) is 14.3 Å². The van der Waals surface area contributed by atoms with Crippen LogP contribution >= 0.6 is 0 Å². The van der Waals surface area contributed by atoms with Crippen LogP contribution in [0.25, 0.3) is 0 Å². The highest BCUT2D eigenvalue weighted by Gasteiger charge is 2.33. The van der Waals surface area contributed by atoms with Gasteiger partial charge >= 0.3 is 12.1 Å². The summed E-state index contributed by atoms with van der Waals surface area (Å²) in [5.74, 6) is -0.160. The second-order valence-electron chi connectivity index (χ2n) is 10.4. The number of likely N-dealkylation sites (tertiary alicyclic amines) is 3. The van der Waals surface area contributed by atoms with Crippen LogP contribution in [0, 0.1) is 17.8 Å². The van der Waals surface area contributed by atoms with Crippen molar-refractivity contribution in [2.24, 2.45) is 17.8 Å². The highest BCUT2D eigenvalue weighted by molar-refractivity contribution is 5.79. The van der Waals surface area contributed by atoms with Crippen LogP contribution in [0.2, 0.25) is 0 Å². The molecule has 31 heavy (non-hydrogen) atoms. The second kappa shape index (κ2) is 10.2. The normalized spacial score (nSPS) is 23.1. The largest absolute Gasteiger partial charge is 0.481 e. The predicted molar refractivity (Wildman–Crippen MR) is 117 cm³/mol. The Kier molecular flexibility index (Phi) is 7.83. The maximum absolute atomic E-state index is 12.8. The first-order valence-electron chi connectivity index (χ1n) is 11.8. The number of carbonyl (C=O) groups is 3. The molecule has 0 spiro atoms. The van der Waals surface area contributed by atoms with E-state index in [-0.39, 0.29) is 23.8 Å². The van der Waals surface area contributed by atoms with Gasteiger partial charge in [0.1, 0.15) is 5.60 Å². The van der Waals surface area contributed by atoms with Crippen molar-refractivity contribution < 1.29 is 24.2 Å². The number of piperidine rings is 3. The number of hydrogen-bond donors (Lipinski definition) is 1. The standard InChI is InChI=1S/C23H39N3O5/c1-23(2,3)31-22(30)26-12-4-17(5-13-26)16-24-10-6-18(7-11-24)20(27)25-14-8-19(9-15-25)21(28)29/h17-19H,4-16H2,1-3H3,(H,28,29). The van der Waals surface area contributed by atoms with Crippen molar-refractivity contribution in [3.05, 3.63) is 0 Å². The molecule has 2 amide bonds. The number of carbonyl (C=O) groups excluding carboxylic acids is 2. The molecule has 0 aliphatic carbocycles. The van der Waals surface area contributed by atoms with Crippen molar-refractivity contribution in [1.82, 2.24) is 14.7 Å². The Morgan fingerprint density at radius 1 is 0.806 bits per heavy atom. The lowest BCUT2D eigenvalue weighted by Gasteiger charge is -2.39. The Morgan fingerprint density at radius 3 is 1.84 bits per heavy atom. The van der Waals surface area contributed by atoms with E-state index in [9.17, 15) is 14.4 Å². The van der Waals surface area contributed by atoms with Crippen molar-refractivity contribution in [2.75, 3.05) is 45.8 Å². The molecule has 1 N–H and O–H groups in total. The van der Waals surface area contributed by atoms with Crippen LogP contribution in [-0.4, -0.2) is 89.2 Å². The summed E-state index contributed by atoms with van der Waals surface area (Å²) in [5, 5.41) is 9.13. The Bertz CT molecular complexity index is 638. The predicted octanol–water partition coefficient (Wildman–Crippen LogP) is 2.67. The summed E-state index contributed by atoms with van der Waals surface area (Å²) in [6, 6.07) is 0. The number of hydrogen-bond acceptors (Lipinski definition) is 5. The SMILES string of the molecule is CC(C)(C)OC(=O)N1CCC(CN2CCC(C(=O)N3CCC(C(=O)O)CC3)CC2)CC1. The third kappa shape index (κ3) is 6.82. The quantitative estimate of drug-likeness (QED) is 0.727. The van der Waals surface area contributed by atoms with Gasteiger partial charge in [0.15, 0.2) is 0 Å². The van der Waals surface area contributed by atoms with Gasteiger partial charge in [0.25, 0.3) is 0 Å². The molecule has 176 valence electrons. The third-order valence-electron chi connectivity index (χ3n) is 6.88. The molecule has 0 atom stereocenters. The third-order valence-corrected chi connectivity index (χ3v) is 6.88. The fourth-order valence-corrected chi connectivity index (χ4v) is 4.96. The number of amides is 2. The molecule has 0 saturated carbocycles. The highest BCUT2D eigenvalue weighted by Crippen LogP contribution is 2.26. The summed E-state index contributed by atoms with van der Waals surface area (Å²) >= 11 is 0. The molecule has 8 nitrogen and oxygen atoms in total. The Balaban J connectivity index is 1.35. The van der Waals surface area contributed by atoms with Crippen LogP contribution in [0.1, 0.15) is 59.3 Å². The van der Waals surface area contributed by atoms with Crippen LogP contribution in [0.4, 0.5) is 4.79 Å². The maximum Gasteiger partial charge on any atom is 0.410 e. The summed E-state index contributed by atoms with van der Waals surface area (Å²) in [6.45, 7) is 11.2. The van der Waals surface area contributed by atoms with E-state index in [0.29, 0.717) is 31.8 Å². The van der Waals surface area contributed by atoms with Gasteiger partial charge in [0.05, 0.1) is 5.92 Å². The first kappa shape index (κ1) is 23.8. The van der Waals surface area contributed by atoms with E-state index in [2.05, 4.69) is 4.90 Å². The zero-order valence-corrected chi connectivity index (χ0v) is 19.3. The molecule has 0 aromatic rings. The molecule has 3 heterocycles. The minimum absolute atomic E-state index is 0.0756. The summed E-state index contributed by atoms with van der Waals surface area (Å²) in [5.41, 5.74) is -0.456. The van der Waals surface area contributed by atoms with Gasteiger partial charge in [-0.2, -0.15) is 0 Å². The average Bonchev–Trinajstić information content (AvgIpc) is 2.73. The van der Waals surface area contributed by atoms with Gasteiger partial charge < -0.3 is 24.5 Å². The lowest BCUT2D eigenvalue weighted by molar-refractivity contribution is -0.147. The molecule has 0 unspecified atom stereocenters. The van der Waals surface area contributed by atoms with Crippen LogP contribution in [0.3, 0.4) is 0 Å². The fraction of sp³-hybridized carbons (Fsp3) is 0.870. The molecule has 0 bridgehead atoms. The van der Waals surface area contributed by atoms with Gasteiger partial charge in [-0.05, 0) is 78.3 Å². The Hall–Kier alpha value is -1.83. The topological polar surface area (TPSA) is 90.4 Å². The first-order chi connectivity index (χ1) is 14.6. The first-order valence-corrected chi connectivity index (χ1v) is 11.8. The molecule has 3 aliphatic rings. The van der Waals surface area contributed by atoms with Crippen molar-refractivity contribution in [3.63, 3.8) is 0 Å². The summed E-state index contributed by atoms with van der Waals surface area (Å²) in [7, 11) is 0. The molecule has 3 fully saturated rings. The van der Waals surface area contributed by atoms with E-state index in [1.807, 2.05) is 30.6 Å².